The second kappa shape index (κ2) is 13.9. The molecule has 5 atom stereocenters. The van der Waals surface area contributed by atoms with Crippen LogP contribution in [0.5, 0.6) is 5.75 Å². The highest BCUT2D eigenvalue weighted by Gasteiger charge is 2.53. The van der Waals surface area contributed by atoms with E-state index in [1.807, 2.05) is 0 Å². The number of carbonyl (C=O) groups excluding carboxylic acids is 4. The van der Waals surface area contributed by atoms with E-state index in [4.69, 9.17) is 28.4 Å². The van der Waals surface area contributed by atoms with Crippen LogP contribution in [-0.2, 0) is 52.9 Å². The third kappa shape index (κ3) is 9.11. The molecule has 2 aromatic carbocycles. The van der Waals surface area contributed by atoms with Crippen molar-refractivity contribution in [1.29, 1.82) is 0 Å². The van der Waals surface area contributed by atoms with Crippen LogP contribution < -0.4 is 9.46 Å². The van der Waals surface area contributed by atoms with Crippen molar-refractivity contribution in [2.24, 2.45) is 0 Å². The maximum Gasteiger partial charge on any atom is 0.303 e. The highest BCUT2D eigenvalue weighted by atomic mass is 32.2. The fourth-order valence-electron chi connectivity index (χ4n) is 3.98. The van der Waals surface area contributed by atoms with Gasteiger partial charge in [-0.15, -0.1) is 0 Å². The first-order chi connectivity index (χ1) is 20.2. The number of nitrogens with zero attached hydrogens (tertiary/aromatic N) is 1. The Kier molecular flexibility index (Phi) is 10.6. The average molecular weight is 625 g/mol. The van der Waals surface area contributed by atoms with E-state index in [0.717, 1.165) is 52.0 Å². The van der Waals surface area contributed by atoms with Gasteiger partial charge in [0, 0.05) is 45.5 Å². The Morgan fingerprint density at radius 2 is 1.35 bits per heavy atom. The van der Waals surface area contributed by atoms with Gasteiger partial charge in [0.1, 0.15) is 18.5 Å². The molecule has 3 rings (SSSR count). The molecule has 0 saturated carbocycles. The zero-order valence-corrected chi connectivity index (χ0v) is 24.1. The second-order valence-corrected chi connectivity index (χ2v) is 10.7. The van der Waals surface area contributed by atoms with Crippen molar-refractivity contribution < 1.29 is 60.9 Å². The lowest BCUT2D eigenvalue weighted by Gasteiger charge is -2.43. The summed E-state index contributed by atoms with van der Waals surface area (Å²) in [5.74, 6) is -3.00. The van der Waals surface area contributed by atoms with Gasteiger partial charge < -0.3 is 28.4 Å². The Balaban J connectivity index is 1.86. The van der Waals surface area contributed by atoms with Gasteiger partial charge >= 0.3 is 23.9 Å². The van der Waals surface area contributed by atoms with Gasteiger partial charge in [-0.25, -0.2) is 8.42 Å². The van der Waals surface area contributed by atoms with Gasteiger partial charge in [0.05, 0.1) is 9.82 Å². The van der Waals surface area contributed by atoms with Crippen LogP contribution >= 0.6 is 0 Å². The number of hydrogen-bond donors (Lipinski definition) is 1. The number of esters is 4. The minimum absolute atomic E-state index is 0.0826. The minimum atomic E-state index is -4.10. The van der Waals surface area contributed by atoms with Crippen molar-refractivity contribution in [3.05, 3.63) is 58.6 Å². The first-order valence-corrected chi connectivity index (χ1v) is 14.0. The summed E-state index contributed by atoms with van der Waals surface area (Å²) in [6.45, 7) is 3.95. The van der Waals surface area contributed by atoms with Gasteiger partial charge in [-0.05, 0) is 36.4 Å². The molecule has 232 valence electrons. The summed E-state index contributed by atoms with van der Waals surface area (Å²) in [5, 5.41) is 10.8. The van der Waals surface area contributed by atoms with Crippen molar-refractivity contribution in [3.8, 4) is 5.75 Å². The molecule has 1 N–H and O–H groups in total. The number of non-ortho nitro benzene ring substituents is 1. The molecule has 16 nitrogen and oxygen atoms in total. The van der Waals surface area contributed by atoms with Crippen molar-refractivity contribution in [2.45, 2.75) is 63.3 Å². The Hall–Kier alpha value is -4.77. The van der Waals surface area contributed by atoms with Crippen LogP contribution in [0.4, 0.5) is 11.4 Å². The molecule has 1 saturated heterocycles. The number of nitrogens with one attached hydrogen (secondary N) is 1. The number of rotatable bonds is 11. The average Bonchev–Trinajstić information content (AvgIpc) is 2.91. The fraction of sp³-hybridized carbons (Fsp3) is 0.385. The molecule has 2 aromatic rings. The van der Waals surface area contributed by atoms with E-state index >= 15 is 0 Å². The van der Waals surface area contributed by atoms with E-state index in [0.29, 0.717) is 0 Å². The summed E-state index contributed by atoms with van der Waals surface area (Å²) < 4.78 is 60.5. The summed E-state index contributed by atoms with van der Waals surface area (Å²) in [5.41, 5.74) is -0.171. The number of carbonyl (C=O) groups is 4. The lowest BCUT2D eigenvalue weighted by molar-refractivity contribution is -0.384. The van der Waals surface area contributed by atoms with Crippen LogP contribution in [0.3, 0.4) is 0 Å². The van der Waals surface area contributed by atoms with E-state index in [-0.39, 0.29) is 22.0 Å². The van der Waals surface area contributed by atoms with Crippen LogP contribution in [0.25, 0.3) is 0 Å². The minimum Gasteiger partial charge on any atom is -0.463 e. The monoisotopic (exact) mass is 624 g/mol. The molecule has 0 bridgehead atoms. The van der Waals surface area contributed by atoms with Crippen LogP contribution in [0.2, 0.25) is 0 Å². The largest absolute Gasteiger partial charge is 0.463 e. The van der Waals surface area contributed by atoms with Gasteiger partial charge in [0.15, 0.2) is 12.2 Å². The maximum atomic E-state index is 12.7. The molecule has 1 aliphatic heterocycles. The molecule has 0 radical (unpaired) electrons. The quantitative estimate of drug-likeness (QED) is 0.164. The van der Waals surface area contributed by atoms with E-state index in [2.05, 4.69) is 4.72 Å². The Labute approximate surface area is 245 Å². The summed E-state index contributed by atoms with van der Waals surface area (Å²) >= 11 is 0. The number of anilines is 1. The topological polar surface area (TPSA) is 213 Å². The predicted octanol–water partition coefficient (Wildman–Crippen LogP) is 1.86. The molecule has 17 heteroatoms. The molecular weight excluding hydrogens is 596 g/mol. The van der Waals surface area contributed by atoms with E-state index in [1.54, 1.807) is 0 Å². The molecule has 0 aromatic heterocycles. The van der Waals surface area contributed by atoms with Crippen LogP contribution in [-0.4, -0.2) is 74.5 Å². The lowest BCUT2D eigenvalue weighted by Crippen LogP contribution is -2.63. The zero-order chi connectivity index (χ0) is 31.9. The summed E-state index contributed by atoms with van der Waals surface area (Å²) in [6, 6.07) is 9.65. The van der Waals surface area contributed by atoms with Crippen LogP contribution in [0, 0.1) is 10.1 Å². The summed E-state index contributed by atoms with van der Waals surface area (Å²) in [6.07, 6.45) is -6.96. The molecular formula is C26H28N2O14S. The molecule has 0 spiro atoms. The first-order valence-electron chi connectivity index (χ1n) is 12.5. The van der Waals surface area contributed by atoms with Gasteiger partial charge in [-0.2, -0.15) is 0 Å². The Morgan fingerprint density at radius 3 is 1.86 bits per heavy atom. The molecule has 1 heterocycles. The van der Waals surface area contributed by atoms with Gasteiger partial charge in [0.2, 0.25) is 12.4 Å². The number of sulfonamides is 1. The summed E-state index contributed by atoms with van der Waals surface area (Å²) in [4.78, 5) is 57.2. The number of ether oxygens (including phenoxy) is 6. The second-order valence-electron chi connectivity index (χ2n) is 9.07. The highest BCUT2D eigenvalue weighted by molar-refractivity contribution is 7.92. The maximum absolute atomic E-state index is 12.7. The van der Waals surface area contributed by atoms with E-state index < -0.39 is 76.1 Å². The SMILES string of the molecule is CC(=O)OC[C@H]1O[C@H](Oc2ccc(NS(=O)(=O)c3ccc([N+](=O)[O-])cc3)cc2)[C@H](OC(C)=O)[C@@H](OC(C)=O)[C@@H]1OC(C)=O. The van der Waals surface area contributed by atoms with Gasteiger partial charge in [-0.1, -0.05) is 0 Å². The molecule has 0 amide bonds. The molecule has 0 aliphatic carbocycles. The number of benzene rings is 2. The standard InChI is InChI=1S/C26H28N2O14S/c1-14(29)37-13-22-23(38-15(2)30)24(39-16(3)31)25(40-17(4)32)26(42-22)41-20-9-5-18(6-10-20)27-43(35,36)21-11-7-19(8-12-21)28(33)34/h5-12,22-27H,13H2,1-4H3/t22-,23-,24+,25-,26+/m1/s1. The fourth-order valence-corrected chi connectivity index (χ4v) is 5.04. The Morgan fingerprint density at radius 1 is 0.814 bits per heavy atom. The zero-order valence-electron chi connectivity index (χ0n) is 23.3. The predicted molar refractivity (Wildman–Crippen MR) is 143 cm³/mol. The van der Waals surface area contributed by atoms with Gasteiger partial charge in [-0.3, -0.25) is 34.0 Å². The first kappa shape index (κ1) is 32.7. The smallest absolute Gasteiger partial charge is 0.303 e. The van der Waals surface area contributed by atoms with Crippen molar-refractivity contribution in [3.63, 3.8) is 0 Å². The summed E-state index contributed by atoms with van der Waals surface area (Å²) in [7, 11) is -4.10. The van der Waals surface area contributed by atoms with Crippen LogP contribution in [0.1, 0.15) is 27.7 Å². The van der Waals surface area contributed by atoms with Gasteiger partial charge in [0.25, 0.3) is 15.7 Å². The highest BCUT2D eigenvalue weighted by Crippen LogP contribution is 2.31. The van der Waals surface area contributed by atoms with E-state index in [9.17, 15) is 37.7 Å². The third-order valence-electron chi connectivity index (χ3n) is 5.66. The molecule has 1 aliphatic rings. The number of hydrogen-bond acceptors (Lipinski definition) is 14. The number of nitro benzene ring substituents is 1. The normalized spacial score (nSPS) is 21.5. The molecule has 1 fully saturated rings. The lowest BCUT2D eigenvalue weighted by atomic mass is 9.98. The van der Waals surface area contributed by atoms with Crippen LogP contribution in [0.15, 0.2) is 53.4 Å². The van der Waals surface area contributed by atoms with Crippen molar-refractivity contribution >= 4 is 45.3 Å². The molecule has 43 heavy (non-hydrogen) atoms. The van der Waals surface area contributed by atoms with Crippen molar-refractivity contribution in [1.82, 2.24) is 0 Å². The van der Waals surface area contributed by atoms with E-state index in [1.165, 1.54) is 24.3 Å². The van der Waals surface area contributed by atoms with Crippen molar-refractivity contribution in [2.75, 3.05) is 11.3 Å². The number of nitro groups is 1. The third-order valence-corrected chi connectivity index (χ3v) is 7.06. The Bertz CT molecular complexity index is 1460. The molecule has 0 unspecified atom stereocenters.